The van der Waals surface area contributed by atoms with Gasteiger partial charge in [0.2, 0.25) is 5.91 Å². The number of piperidine rings is 1. The number of amides is 1. The van der Waals surface area contributed by atoms with Crippen molar-refractivity contribution in [2.24, 2.45) is 5.92 Å². The molecule has 0 bridgehead atoms. The van der Waals surface area contributed by atoms with Gasteiger partial charge < -0.3 is 4.90 Å². The van der Waals surface area contributed by atoms with E-state index in [-0.39, 0.29) is 5.91 Å². The monoisotopic (exact) mass is 364 g/mol. The summed E-state index contributed by atoms with van der Waals surface area (Å²) in [6, 6.07) is 20.4. The molecule has 2 aromatic rings. The van der Waals surface area contributed by atoms with Gasteiger partial charge in [-0.25, -0.2) is 0 Å². The summed E-state index contributed by atoms with van der Waals surface area (Å²) in [5, 5.41) is 8.94. The van der Waals surface area contributed by atoms with Gasteiger partial charge >= 0.3 is 0 Å². The lowest BCUT2D eigenvalue weighted by Crippen LogP contribution is -2.39. The predicted octanol–water partition coefficient (Wildman–Crippen LogP) is 4.27. The van der Waals surface area contributed by atoms with Gasteiger partial charge in [-0.05, 0) is 48.4 Å². The molecule has 0 saturated carbocycles. The minimum absolute atomic E-state index is 0.240. The smallest absolute Gasteiger partial charge is 0.232 e. The lowest BCUT2D eigenvalue weighted by molar-refractivity contribution is -0.129. The molecule has 0 N–H and O–H groups in total. The molecule has 0 spiro atoms. The summed E-state index contributed by atoms with van der Waals surface area (Å²) in [5.74, 6) is 2.21. The van der Waals surface area contributed by atoms with Crippen molar-refractivity contribution in [3.05, 3.63) is 71.3 Å². The molecule has 1 heterocycles. The molecule has 3 nitrogen and oxygen atoms in total. The molecule has 1 fully saturated rings. The predicted molar refractivity (Wildman–Crippen MR) is 107 cm³/mol. The van der Waals surface area contributed by atoms with Crippen LogP contribution in [0.5, 0.6) is 0 Å². The summed E-state index contributed by atoms with van der Waals surface area (Å²) in [6.45, 7) is 1.75. The Morgan fingerprint density at radius 2 is 1.81 bits per heavy atom. The van der Waals surface area contributed by atoms with E-state index in [9.17, 15) is 4.79 Å². The van der Waals surface area contributed by atoms with Crippen molar-refractivity contribution >= 4 is 17.7 Å². The van der Waals surface area contributed by atoms with E-state index in [1.807, 2.05) is 23.1 Å². The van der Waals surface area contributed by atoms with Gasteiger partial charge in [-0.15, -0.1) is 11.8 Å². The number of benzene rings is 2. The summed E-state index contributed by atoms with van der Waals surface area (Å²) >= 11 is 1.63. The number of carbonyl (C=O) groups excluding carboxylic acids is 1. The van der Waals surface area contributed by atoms with Gasteiger partial charge in [-0.1, -0.05) is 42.5 Å². The second-order valence-electron chi connectivity index (χ2n) is 6.82. The van der Waals surface area contributed by atoms with E-state index < -0.39 is 0 Å². The highest BCUT2D eigenvalue weighted by molar-refractivity contribution is 7.99. The molecular weight excluding hydrogens is 340 g/mol. The average Bonchev–Trinajstić information content (AvgIpc) is 2.69. The van der Waals surface area contributed by atoms with E-state index in [1.165, 1.54) is 5.56 Å². The summed E-state index contributed by atoms with van der Waals surface area (Å²) in [4.78, 5) is 14.4. The molecule has 3 rings (SSSR count). The third-order valence-electron chi connectivity index (χ3n) is 4.88. The zero-order valence-electron chi connectivity index (χ0n) is 14.9. The van der Waals surface area contributed by atoms with E-state index >= 15 is 0 Å². The van der Waals surface area contributed by atoms with Gasteiger partial charge in [0.25, 0.3) is 0 Å². The number of rotatable bonds is 6. The SMILES string of the molecule is N#Cc1cccc(CSCC(=O)N2CCC(Cc3ccccc3)CC2)c1. The van der Waals surface area contributed by atoms with E-state index in [0.29, 0.717) is 17.2 Å². The fourth-order valence-corrected chi connectivity index (χ4v) is 4.29. The molecule has 1 aliphatic heterocycles. The van der Waals surface area contributed by atoms with Crippen molar-refractivity contribution in [2.75, 3.05) is 18.8 Å². The highest BCUT2D eigenvalue weighted by Crippen LogP contribution is 2.22. The van der Waals surface area contributed by atoms with Gasteiger partial charge in [-0.2, -0.15) is 5.26 Å². The highest BCUT2D eigenvalue weighted by atomic mass is 32.2. The Labute approximate surface area is 160 Å². The fraction of sp³-hybridized carbons (Fsp3) is 0.364. The number of thioether (sulfide) groups is 1. The molecule has 1 amide bonds. The first kappa shape index (κ1) is 18.5. The lowest BCUT2D eigenvalue weighted by atomic mass is 9.90. The number of nitriles is 1. The normalized spacial score (nSPS) is 14.8. The van der Waals surface area contributed by atoms with Crippen LogP contribution in [0, 0.1) is 17.2 Å². The molecule has 0 aliphatic carbocycles. The Balaban J connectivity index is 1.39. The van der Waals surface area contributed by atoms with E-state index in [1.54, 1.807) is 17.8 Å². The topological polar surface area (TPSA) is 44.1 Å². The summed E-state index contributed by atoms with van der Waals surface area (Å²) in [6.07, 6.45) is 3.30. The first-order valence-corrected chi connectivity index (χ1v) is 10.3. The minimum Gasteiger partial charge on any atom is -0.342 e. The molecule has 26 heavy (non-hydrogen) atoms. The van der Waals surface area contributed by atoms with Crippen LogP contribution >= 0.6 is 11.8 Å². The zero-order chi connectivity index (χ0) is 18.2. The van der Waals surface area contributed by atoms with Crippen molar-refractivity contribution in [1.82, 2.24) is 4.90 Å². The Morgan fingerprint density at radius 1 is 1.08 bits per heavy atom. The second kappa shape index (κ2) is 9.45. The summed E-state index contributed by atoms with van der Waals surface area (Å²) < 4.78 is 0. The maximum absolute atomic E-state index is 12.4. The quantitative estimate of drug-likeness (QED) is 0.769. The van der Waals surface area contributed by atoms with Crippen molar-refractivity contribution in [1.29, 1.82) is 5.26 Å². The Hall–Kier alpha value is -2.25. The fourth-order valence-electron chi connectivity index (χ4n) is 3.41. The molecule has 2 aromatic carbocycles. The van der Waals surface area contributed by atoms with E-state index in [2.05, 4.69) is 36.4 Å². The van der Waals surface area contributed by atoms with Crippen LogP contribution in [0.15, 0.2) is 54.6 Å². The molecular formula is C22H24N2OS. The van der Waals surface area contributed by atoms with Crippen LogP contribution in [0.3, 0.4) is 0 Å². The first-order chi connectivity index (χ1) is 12.7. The maximum atomic E-state index is 12.4. The third kappa shape index (κ3) is 5.37. The Bertz CT molecular complexity index is 761. The van der Waals surface area contributed by atoms with Crippen LogP contribution in [0.25, 0.3) is 0 Å². The number of hydrogen-bond acceptors (Lipinski definition) is 3. The Kier molecular flexibility index (Phi) is 6.74. The van der Waals surface area contributed by atoms with E-state index in [0.717, 1.165) is 43.7 Å². The van der Waals surface area contributed by atoms with Crippen LogP contribution in [0.2, 0.25) is 0 Å². The van der Waals surface area contributed by atoms with Crippen molar-refractivity contribution in [2.45, 2.75) is 25.0 Å². The van der Waals surface area contributed by atoms with Gasteiger partial charge in [0.15, 0.2) is 0 Å². The van der Waals surface area contributed by atoms with Crippen LogP contribution in [0.1, 0.15) is 29.5 Å². The highest BCUT2D eigenvalue weighted by Gasteiger charge is 2.22. The molecule has 134 valence electrons. The van der Waals surface area contributed by atoms with Crippen LogP contribution in [-0.2, 0) is 17.0 Å². The zero-order valence-corrected chi connectivity index (χ0v) is 15.8. The van der Waals surface area contributed by atoms with Crippen molar-refractivity contribution < 1.29 is 4.79 Å². The van der Waals surface area contributed by atoms with Crippen LogP contribution in [0.4, 0.5) is 0 Å². The van der Waals surface area contributed by atoms with Gasteiger partial charge in [0.05, 0.1) is 17.4 Å². The summed E-state index contributed by atoms with van der Waals surface area (Å²) in [7, 11) is 0. The molecule has 1 saturated heterocycles. The minimum atomic E-state index is 0.240. The molecule has 4 heteroatoms. The molecule has 0 atom stereocenters. The largest absolute Gasteiger partial charge is 0.342 e. The number of nitrogens with zero attached hydrogens (tertiary/aromatic N) is 2. The van der Waals surface area contributed by atoms with Crippen LogP contribution < -0.4 is 0 Å². The second-order valence-corrected chi connectivity index (χ2v) is 7.80. The molecule has 1 aliphatic rings. The number of hydrogen-bond donors (Lipinski definition) is 0. The molecule has 0 radical (unpaired) electrons. The standard InChI is InChI=1S/C22H24N2OS/c23-15-20-7-4-8-21(14-20)16-26-17-22(25)24-11-9-19(10-12-24)13-18-5-2-1-3-6-18/h1-8,14,19H,9-13,16-17H2. The van der Waals surface area contributed by atoms with Gasteiger partial charge in [0, 0.05) is 18.8 Å². The number of carbonyl (C=O) groups is 1. The van der Waals surface area contributed by atoms with Crippen molar-refractivity contribution in [3.8, 4) is 6.07 Å². The lowest BCUT2D eigenvalue weighted by Gasteiger charge is -2.32. The average molecular weight is 365 g/mol. The molecule has 0 aromatic heterocycles. The van der Waals surface area contributed by atoms with E-state index in [4.69, 9.17) is 5.26 Å². The first-order valence-electron chi connectivity index (χ1n) is 9.13. The van der Waals surface area contributed by atoms with Gasteiger partial charge in [-0.3, -0.25) is 4.79 Å². The van der Waals surface area contributed by atoms with Gasteiger partial charge in [0.1, 0.15) is 0 Å². The summed E-state index contributed by atoms with van der Waals surface area (Å²) in [5.41, 5.74) is 3.17. The van der Waals surface area contributed by atoms with Crippen molar-refractivity contribution in [3.63, 3.8) is 0 Å². The number of likely N-dealkylation sites (tertiary alicyclic amines) is 1. The third-order valence-corrected chi connectivity index (χ3v) is 5.87. The molecule has 0 unspecified atom stereocenters. The Morgan fingerprint density at radius 3 is 2.54 bits per heavy atom. The van der Waals surface area contributed by atoms with Crippen LogP contribution in [-0.4, -0.2) is 29.6 Å². The maximum Gasteiger partial charge on any atom is 0.232 e.